The van der Waals surface area contributed by atoms with Crippen LogP contribution in [0.2, 0.25) is 0 Å². The van der Waals surface area contributed by atoms with Crippen molar-refractivity contribution in [1.29, 1.82) is 0 Å². The van der Waals surface area contributed by atoms with Crippen LogP contribution in [0.3, 0.4) is 0 Å². The third-order valence-corrected chi connectivity index (χ3v) is 5.23. The van der Waals surface area contributed by atoms with Crippen molar-refractivity contribution in [3.8, 4) is 0 Å². The fourth-order valence-corrected chi connectivity index (χ4v) is 3.95. The molecule has 0 bridgehead atoms. The maximum absolute atomic E-state index is 13.8. The van der Waals surface area contributed by atoms with Gasteiger partial charge in [0.1, 0.15) is 11.3 Å². The number of imidazole rings is 1. The Morgan fingerprint density at radius 2 is 2.12 bits per heavy atom. The third-order valence-electron chi connectivity index (χ3n) is 5.23. The molecule has 1 aromatic heterocycles. The van der Waals surface area contributed by atoms with E-state index in [1.54, 1.807) is 6.07 Å². The monoisotopic (exact) mass is 332 g/mol. The van der Waals surface area contributed by atoms with E-state index in [9.17, 15) is 4.39 Å². The minimum Gasteiger partial charge on any atom is -0.376 e. The number of aromatic nitrogens is 2. The van der Waals surface area contributed by atoms with Crippen molar-refractivity contribution in [3.63, 3.8) is 0 Å². The van der Waals surface area contributed by atoms with E-state index in [0.29, 0.717) is 17.7 Å². The number of nitrogens with zero attached hydrogens (tertiary/aromatic N) is 3. The number of ether oxygens (including phenoxy) is 1. The molecule has 0 unspecified atom stereocenters. The molecular weight excluding hydrogens is 307 g/mol. The Hall–Kier alpha value is -1.50. The number of nitrogens with one attached hydrogen (secondary N) is 1. The zero-order chi connectivity index (χ0) is 16.5. The Labute approximate surface area is 141 Å². The van der Waals surface area contributed by atoms with E-state index >= 15 is 0 Å². The lowest BCUT2D eigenvalue weighted by Crippen LogP contribution is -2.50. The number of rotatable bonds is 3. The van der Waals surface area contributed by atoms with Crippen LogP contribution in [0.4, 0.5) is 4.39 Å². The summed E-state index contributed by atoms with van der Waals surface area (Å²) >= 11 is 0. The number of hydrogen-bond acceptors (Lipinski definition) is 4. The molecule has 4 rings (SSSR count). The summed E-state index contributed by atoms with van der Waals surface area (Å²) in [6.07, 6.45) is 2.71. The van der Waals surface area contributed by atoms with Crippen LogP contribution in [0.1, 0.15) is 25.6 Å². The summed E-state index contributed by atoms with van der Waals surface area (Å²) in [5, 5.41) is 0. The average molecular weight is 332 g/mol. The van der Waals surface area contributed by atoms with Gasteiger partial charge in [-0.1, -0.05) is 6.07 Å². The topological polar surface area (TPSA) is 44.4 Å². The number of likely N-dealkylation sites (tertiary alicyclic amines) is 1. The van der Waals surface area contributed by atoms with Gasteiger partial charge in [0.25, 0.3) is 0 Å². The second-order valence-corrected chi connectivity index (χ2v) is 7.00. The molecular formula is C18H25FN4O. The van der Waals surface area contributed by atoms with Gasteiger partial charge in [-0.15, -0.1) is 0 Å². The van der Waals surface area contributed by atoms with Gasteiger partial charge in [-0.25, -0.2) is 9.37 Å². The Kier molecular flexibility index (Phi) is 4.52. The normalized spacial score (nSPS) is 24.7. The summed E-state index contributed by atoms with van der Waals surface area (Å²) in [5.74, 6) is 0.601. The number of hydrogen-bond donors (Lipinski definition) is 1. The molecule has 2 aromatic rings. The largest absolute Gasteiger partial charge is 0.376 e. The van der Waals surface area contributed by atoms with E-state index in [2.05, 4.69) is 26.7 Å². The molecule has 0 amide bonds. The fourth-order valence-electron chi connectivity index (χ4n) is 3.95. The van der Waals surface area contributed by atoms with Crippen molar-refractivity contribution in [2.45, 2.75) is 38.5 Å². The molecule has 130 valence electrons. The van der Waals surface area contributed by atoms with Gasteiger partial charge in [-0.05, 0) is 31.9 Å². The number of fused-ring (bicyclic) bond motifs is 1. The van der Waals surface area contributed by atoms with Gasteiger partial charge in [-0.2, -0.15) is 0 Å². The van der Waals surface area contributed by atoms with Crippen LogP contribution in [0.15, 0.2) is 18.2 Å². The predicted molar refractivity (Wildman–Crippen MR) is 91.3 cm³/mol. The fraction of sp³-hybridized carbons (Fsp3) is 0.611. The molecule has 0 saturated carbocycles. The summed E-state index contributed by atoms with van der Waals surface area (Å²) in [6.45, 7) is 8.01. The lowest BCUT2D eigenvalue weighted by atomic mass is 10.0. The molecule has 24 heavy (non-hydrogen) atoms. The smallest absolute Gasteiger partial charge is 0.151 e. The zero-order valence-corrected chi connectivity index (χ0v) is 14.2. The molecule has 0 radical (unpaired) electrons. The molecule has 0 aliphatic carbocycles. The number of para-hydroxylation sites is 1. The number of H-pyrrole nitrogens is 1. The molecule has 2 saturated heterocycles. The summed E-state index contributed by atoms with van der Waals surface area (Å²) in [6, 6.07) is 5.72. The Morgan fingerprint density at radius 3 is 2.88 bits per heavy atom. The van der Waals surface area contributed by atoms with Crippen LogP contribution in [0.25, 0.3) is 11.0 Å². The van der Waals surface area contributed by atoms with Gasteiger partial charge in [-0.3, -0.25) is 9.80 Å². The van der Waals surface area contributed by atoms with Crippen LogP contribution in [-0.2, 0) is 11.3 Å². The number of halogens is 1. The van der Waals surface area contributed by atoms with Crippen molar-refractivity contribution >= 4 is 11.0 Å². The molecule has 0 spiro atoms. The molecule has 1 aromatic carbocycles. The second-order valence-electron chi connectivity index (χ2n) is 7.00. The highest BCUT2D eigenvalue weighted by atomic mass is 19.1. The van der Waals surface area contributed by atoms with E-state index in [0.717, 1.165) is 50.7 Å². The molecule has 5 nitrogen and oxygen atoms in total. The van der Waals surface area contributed by atoms with Gasteiger partial charge >= 0.3 is 0 Å². The first-order chi connectivity index (χ1) is 11.7. The first kappa shape index (κ1) is 16.0. The summed E-state index contributed by atoms with van der Waals surface area (Å²) in [4.78, 5) is 12.7. The first-order valence-electron chi connectivity index (χ1n) is 8.90. The van der Waals surface area contributed by atoms with E-state index in [-0.39, 0.29) is 5.82 Å². The molecule has 1 atom stereocenters. The predicted octanol–water partition coefficient (Wildman–Crippen LogP) is 2.39. The lowest BCUT2D eigenvalue weighted by Gasteiger charge is -2.41. The van der Waals surface area contributed by atoms with Crippen molar-refractivity contribution in [3.05, 3.63) is 29.8 Å². The van der Waals surface area contributed by atoms with Crippen LogP contribution < -0.4 is 0 Å². The SMILES string of the molecule is C[C@@H]1CN(C2CCN(Cc3nc4c(F)cccc4[nH]3)CC2)CCO1. The van der Waals surface area contributed by atoms with E-state index in [4.69, 9.17) is 4.74 Å². The first-order valence-corrected chi connectivity index (χ1v) is 8.90. The minimum atomic E-state index is -0.254. The Bertz CT molecular complexity index is 695. The van der Waals surface area contributed by atoms with Gasteiger partial charge in [0.05, 0.1) is 24.8 Å². The minimum absolute atomic E-state index is 0.254. The highest BCUT2D eigenvalue weighted by Crippen LogP contribution is 2.21. The number of piperidine rings is 1. The van der Waals surface area contributed by atoms with Crippen LogP contribution in [-0.4, -0.2) is 64.7 Å². The molecule has 6 heteroatoms. The zero-order valence-electron chi connectivity index (χ0n) is 14.2. The highest BCUT2D eigenvalue weighted by molar-refractivity contribution is 5.75. The van der Waals surface area contributed by atoms with Crippen molar-refractivity contribution in [1.82, 2.24) is 19.8 Å². The van der Waals surface area contributed by atoms with Crippen molar-refractivity contribution < 1.29 is 9.13 Å². The van der Waals surface area contributed by atoms with E-state index < -0.39 is 0 Å². The van der Waals surface area contributed by atoms with E-state index in [1.165, 1.54) is 18.9 Å². The lowest BCUT2D eigenvalue weighted by molar-refractivity contribution is -0.0438. The summed E-state index contributed by atoms with van der Waals surface area (Å²) in [5.41, 5.74) is 1.23. The molecule has 2 aliphatic rings. The molecule has 1 N–H and O–H groups in total. The summed E-state index contributed by atoms with van der Waals surface area (Å²) in [7, 11) is 0. The number of aromatic amines is 1. The summed E-state index contributed by atoms with van der Waals surface area (Å²) < 4.78 is 19.4. The van der Waals surface area contributed by atoms with Gasteiger partial charge in [0.2, 0.25) is 0 Å². The van der Waals surface area contributed by atoms with Crippen LogP contribution >= 0.6 is 0 Å². The second kappa shape index (κ2) is 6.78. The average Bonchev–Trinajstić information content (AvgIpc) is 2.99. The Balaban J connectivity index is 1.34. The standard InChI is InChI=1S/C18H25FN4O/c1-13-11-23(9-10-24-13)14-5-7-22(8-6-14)12-17-20-16-4-2-3-15(19)18(16)21-17/h2-4,13-14H,5-12H2,1H3,(H,20,21)/t13-/m1/s1. The highest BCUT2D eigenvalue weighted by Gasteiger charge is 2.28. The van der Waals surface area contributed by atoms with E-state index in [1.807, 2.05) is 6.07 Å². The van der Waals surface area contributed by atoms with Crippen molar-refractivity contribution in [2.75, 3.05) is 32.8 Å². The third kappa shape index (κ3) is 3.31. The number of benzene rings is 1. The van der Waals surface area contributed by atoms with Crippen LogP contribution in [0.5, 0.6) is 0 Å². The van der Waals surface area contributed by atoms with Crippen molar-refractivity contribution in [2.24, 2.45) is 0 Å². The van der Waals surface area contributed by atoms with Crippen LogP contribution in [0, 0.1) is 5.82 Å². The van der Waals surface area contributed by atoms with Gasteiger partial charge in [0.15, 0.2) is 5.82 Å². The quantitative estimate of drug-likeness (QED) is 0.937. The molecule has 2 fully saturated rings. The molecule has 3 heterocycles. The Morgan fingerprint density at radius 1 is 1.29 bits per heavy atom. The maximum atomic E-state index is 13.8. The van der Waals surface area contributed by atoms with Gasteiger partial charge in [0, 0.05) is 32.2 Å². The number of morpholine rings is 1. The van der Waals surface area contributed by atoms with Gasteiger partial charge < -0.3 is 9.72 Å². The maximum Gasteiger partial charge on any atom is 0.151 e. The molecule has 2 aliphatic heterocycles.